The average molecular weight is 283 g/mol. The zero-order valence-corrected chi connectivity index (χ0v) is 11.2. The summed E-state index contributed by atoms with van der Waals surface area (Å²) in [6.07, 6.45) is 0. The topological polar surface area (TPSA) is 55.1 Å². The number of nitrogens with one attached hydrogen (secondary N) is 1. The number of aromatic nitrogens is 1. The Kier molecular flexibility index (Phi) is 3.85. The molecule has 0 aliphatic carbocycles. The molecule has 100 valence electrons. The summed E-state index contributed by atoms with van der Waals surface area (Å²) in [5.74, 6) is -0.595. The molecule has 1 N–H and O–H groups in total. The van der Waals surface area contributed by atoms with Gasteiger partial charge < -0.3 is 9.84 Å². The maximum atomic E-state index is 13.9. The highest BCUT2D eigenvalue weighted by atomic mass is 35.5. The second kappa shape index (κ2) is 5.40. The van der Waals surface area contributed by atoms with E-state index in [-0.39, 0.29) is 27.8 Å². The summed E-state index contributed by atoms with van der Waals surface area (Å²) in [6.45, 7) is 3.83. The third-order valence-corrected chi connectivity index (χ3v) is 2.94. The molecule has 0 aliphatic heterocycles. The number of nitrogens with zero attached hydrogens (tertiary/aromatic N) is 1. The Bertz CT molecular complexity index is 605. The molecule has 1 aromatic carbocycles. The second-order valence-corrected chi connectivity index (χ2v) is 4.33. The minimum absolute atomic E-state index is 0.0715. The molecule has 0 saturated carbocycles. The normalized spacial score (nSPS) is 10.5. The number of rotatable bonds is 3. The van der Waals surface area contributed by atoms with Gasteiger partial charge in [0, 0.05) is 6.54 Å². The Labute approximate surface area is 114 Å². The van der Waals surface area contributed by atoms with Crippen LogP contribution in [0, 0.1) is 12.7 Å². The lowest BCUT2D eigenvalue weighted by Crippen LogP contribution is -2.23. The first-order valence-electron chi connectivity index (χ1n) is 5.75. The van der Waals surface area contributed by atoms with E-state index >= 15 is 0 Å². The molecule has 0 spiro atoms. The van der Waals surface area contributed by atoms with Crippen molar-refractivity contribution in [3.63, 3.8) is 0 Å². The van der Waals surface area contributed by atoms with Crippen LogP contribution in [-0.2, 0) is 0 Å². The average Bonchev–Trinajstić information content (AvgIpc) is 2.71. The zero-order valence-electron chi connectivity index (χ0n) is 10.5. The predicted molar refractivity (Wildman–Crippen MR) is 69.7 cm³/mol. The van der Waals surface area contributed by atoms with Gasteiger partial charge in [-0.15, -0.1) is 0 Å². The number of benzene rings is 1. The van der Waals surface area contributed by atoms with Crippen molar-refractivity contribution in [2.75, 3.05) is 6.54 Å². The third-order valence-electron chi connectivity index (χ3n) is 2.63. The van der Waals surface area contributed by atoms with Crippen LogP contribution >= 0.6 is 11.6 Å². The quantitative estimate of drug-likeness (QED) is 0.940. The third kappa shape index (κ3) is 2.46. The Morgan fingerprint density at radius 2 is 2.26 bits per heavy atom. The number of hydrogen-bond acceptors (Lipinski definition) is 3. The van der Waals surface area contributed by atoms with Crippen molar-refractivity contribution in [3.05, 3.63) is 40.4 Å². The van der Waals surface area contributed by atoms with Gasteiger partial charge in [-0.05, 0) is 26.0 Å². The maximum absolute atomic E-state index is 13.9. The molecule has 1 aromatic heterocycles. The summed E-state index contributed by atoms with van der Waals surface area (Å²) in [6, 6.07) is 4.28. The fourth-order valence-corrected chi connectivity index (χ4v) is 2.04. The van der Waals surface area contributed by atoms with E-state index in [4.69, 9.17) is 16.1 Å². The van der Waals surface area contributed by atoms with Crippen LogP contribution < -0.4 is 5.32 Å². The molecule has 0 atom stereocenters. The van der Waals surface area contributed by atoms with E-state index in [9.17, 15) is 9.18 Å². The summed E-state index contributed by atoms with van der Waals surface area (Å²) in [5, 5.41) is 6.56. The zero-order chi connectivity index (χ0) is 14.0. The Morgan fingerprint density at radius 1 is 1.53 bits per heavy atom. The van der Waals surface area contributed by atoms with Gasteiger partial charge in [-0.25, -0.2) is 4.39 Å². The molecule has 0 aliphatic rings. The molecular formula is C13H12ClFN2O2. The maximum Gasteiger partial charge on any atom is 0.257 e. The van der Waals surface area contributed by atoms with Gasteiger partial charge in [0.05, 0.1) is 10.6 Å². The minimum Gasteiger partial charge on any atom is -0.360 e. The van der Waals surface area contributed by atoms with Crippen LogP contribution in [0.5, 0.6) is 0 Å². The van der Waals surface area contributed by atoms with E-state index in [2.05, 4.69) is 10.5 Å². The minimum atomic E-state index is -0.550. The Morgan fingerprint density at radius 3 is 2.89 bits per heavy atom. The van der Waals surface area contributed by atoms with Crippen molar-refractivity contribution in [2.24, 2.45) is 0 Å². The van der Waals surface area contributed by atoms with Crippen molar-refractivity contribution in [3.8, 4) is 11.3 Å². The van der Waals surface area contributed by atoms with Gasteiger partial charge in [0.2, 0.25) is 0 Å². The van der Waals surface area contributed by atoms with E-state index in [0.29, 0.717) is 12.3 Å². The number of hydrogen-bond donors (Lipinski definition) is 1. The number of aryl methyl sites for hydroxylation is 1. The Hall–Kier alpha value is -1.88. The van der Waals surface area contributed by atoms with Crippen LogP contribution in [0.25, 0.3) is 11.3 Å². The SMILES string of the molecule is CCNC(=O)c1c(-c2c(F)cccc2Cl)noc1C. The Balaban J connectivity index is 2.61. The fourth-order valence-electron chi connectivity index (χ4n) is 1.78. The standard InChI is InChI=1S/C13H12ClFN2O2/c1-3-16-13(18)10-7(2)19-17-12(10)11-8(14)5-4-6-9(11)15/h4-6H,3H2,1-2H3,(H,16,18). The monoisotopic (exact) mass is 282 g/mol. The molecule has 0 bridgehead atoms. The first-order chi connectivity index (χ1) is 9.06. The number of amides is 1. The van der Waals surface area contributed by atoms with Gasteiger partial charge in [0.1, 0.15) is 22.8 Å². The van der Waals surface area contributed by atoms with Gasteiger partial charge >= 0.3 is 0 Å². The van der Waals surface area contributed by atoms with Gasteiger partial charge in [-0.2, -0.15) is 0 Å². The van der Waals surface area contributed by atoms with Crippen molar-refractivity contribution in [1.82, 2.24) is 10.5 Å². The van der Waals surface area contributed by atoms with Crippen molar-refractivity contribution >= 4 is 17.5 Å². The van der Waals surface area contributed by atoms with Crippen LogP contribution in [0.4, 0.5) is 4.39 Å². The lowest BCUT2D eigenvalue weighted by Gasteiger charge is -2.05. The van der Waals surface area contributed by atoms with E-state index in [1.165, 1.54) is 18.2 Å². The van der Waals surface area contributed by atoms with Gasteiger partial charge in [0.15, 0.2) is 0 Å². The molecule has 0 fully saturated rings. The lowest BCUT2D eigenvalue weighted by molar-refractivity contribution is 0.0955. The van der Waals surface area contributed by atoms with Crippen LogP contribution in [0.2, 0.25) is 5.02 Å². The highest BCUT2D eigenvalue weighted by molar-refractivity contribution is 6.33. The molecule has 2 aromatic rings. The van der Waals surface area contributed by atoms with E-state index < -0.39 is 5.82 Å². The molecule has 2 rings (SSSR count). The van der Waals surface area contributed by atoms with Gasteiger partial charge in [-0.3, -0.25) is 4.79 Å². The summed E-state index contributed by atoms with van der Waals surface area (Å²) in [4.78, 5) is 12.0. The number of halogens is 2. The summed E-state index contributed by atoms with van der Waals surface area (Å²) in [5.41, 5.74) is 0.391. The van der Waals surface area contributed by atoms with Gasteiger partial charge in [-0.1, -0.05) is 22.8 Å². The molecule has 0 saturated heterocycles. The molecular weight excluding hydrogens is 271 g/mol. The van der Waals surface area contributed by atoms with Gasteiger partial charge in [0.25, 0.3) is 5.91 Å². The summed E-state index contributed by atoms with van der Waals surface area (Å²) < 4.78 is 18.9. The smallest absolute Gasteiger partial charge is 0.257 e. The van der Waals surface area contributed by atoms with Crippen molar-refractivity contribution in [1.29, 1.82) is 0 Å². The number of carbonyl (C=O) groups is 1. The van der Waals surface area contributed by atoms with Crippen LogP contribution in [0.15, 0.2) is 22.7 Å². The second-order valence-electron chi connectivity index (χ2n) is 3.92. The van der Waals surface area contributed by atoms with Crippen LogP contribution in [-0.4, -0.2) is 17.6 Å². The van der Waals surface area contributed by atoms with E-state index in [0.717, 1.165) is 0 Å². The first kappa shape index (κ1) is 13.5. The summed E-state index contributed by atoms with van der Waals surface area (Å²) >= 11 is 5.97. The molecule has 19 heavy (non-hydrogen) atoms. The first-order valence-corrected chi connectivity index (χ1v) is 6.13. The van der Waals surface area contributed by atoms with E-state index in [1.807, 2.05) is 0 Å². The number of carbonyl (C=O) groups excluding carboxylic acids is 1. The molecule has 1 amide bonds. The highest BCUT2D eigenvalue weighted by Gasteiger charge is 2.24. The lowest BCUT2D eigenvalue weighted by atomic mass is 10.0. The van der Waals surface area contributed by atoms with E-state index in [1.54, 1.807) is 13.8 Å². The largest absolute Gasteiger partial charge is 0.360 e. The molecule has 0 radical (unpaired) electrons. The fraction of sp³-hybridized carbons (Fsp3) is 0.231. The predicted octanol–water partition coefficient (Wildman–Crippen LogP) is 3.19. The molecule has 4 nitrogen and oxygen atoms in total. The summed E-state index contributed by atoms with van der Waals surface area (Å²) in [7, 11) is 0. The van der Waals surface area contributed by atoms with Crippen LogP contribution in [0.1, 0.15) is 23.0 Å². The highest BCUT2D eigenvalue weighted by Crippen LogP contribution is 2.33. The molecule has 6 heteroatoms. The van der Waals surface area contributed by atoms with Crippen molar-refractivity contribution in [2.45, 2.75) is 13.8 Å². The molecule has 1 heterocycles. The van der Waals surface area contributed by atoms with Crippen molar-refractivity contribution < 1.29 is 13.7 Å². The van der Waals surface area contributed by atoms with Crippen LogP contribution in [0.3, 0.4) is 0 Å². The molecule has 0 unspecified atom stereocenters.